The van der Waals surface area contributed by atoms with Crippen LogP contribution in [0, 0.1) is 15.5 Å². The molecule has 0 atom stereocenters. The maximum absolute atomic E-state index is 10.9. The van der Waals surface area contributed by atoms with E-state index in [1.807, 2.05) is 18.2 Å². The van der Waals surface area contributed by atoms with Crippen molar-refractivity contribution in [2.75, 3.05) is 0 Å². The van der Waals surface area contributed by atoms with Gasteiger partial charge in [-0.3, -0.25) is 10.1 Å². The maximum Gasteiger partial charge on any atom is 0.391 e. The zero-order valence-corrected chi connectivity index (χ0v) is 8.78. The topological polar surface area (TPSA) is 71.3 Å². The van der Waals surface area contributed by atoms with Crippen LogP contribution in [0.25, 0.3) is 16.1 Å². The smallest absolute Gasteiger partial charge is 0.258 e. The van der Waals surface area contributed by atoms with Gasteiger partial charge in [-0.15, -0.1) is 0 Å². The monoisotopic (exact) mass is 226 g/mol. The molecule has 2 rings (SSSR count). The van der Waals surface area contributed by atoms with Crippen LogP contribution < -0.4 is 0 Å². The Balaban J connectivity index is 2.63. The molecule has 0 bridgehead atoms. The first-order valence-electron chi connectivity index (χ1n) is 4.91. The van der Waals surface area contributed by atoms with Crippen LogP contribution in [0.4, 0.5) is 11.4 Å². The molecule has 0 aliphatic heterocycles. The van der Waals surface area contributed by atoms with Gasteiger partial charge in [-0.25, -0.2) is 0 Å². The van der Waals surface area contributed by atoms with Gasteiger partial charge < -0.3 is 0 Å². The van der Waals surface area contributed by atoms with Crippen LogP contribution in [-0.2, 0) is 0 Å². The summed E-state index contributed by atoms with van der Waals surface area (Å²) in [4.78, 5) is 13.4. The SMILES string of the molecule is N#[N+]c1ccc(-c2ccccc2)c([N+](=O)[O-])c1. The highest BCUT2D eigenvalue weighted by atomic mass is 16.6. The molecule has 0 fully saturated rings. The van der Waals surface area contributed by atoms with Crippen molar-refractivity contribution in [1.29, 1.82) is 5.39 Å². The predicted molar refractivity (Wildman–Crippen MR) is 63.3 cm³/mol. The van der Waals surface area contributed by atoms with E-state index in [2.05, 4.69) is 4.98 Å². The maximum atomic E-state index is 10.9. The Kier molecular flexibility index (Phi) is 2.79. The second kappa shape index (κ2) is 4.41. The molecule has 2 aromatic carbocycles. The van der Waals surface area contributed by atoms with E-state index in [0.29, 0.717) is 5.56 Å². The molecule has 0 aliphatic rings. The first-order chi connectivity index (χ1) is 8.22. The van der Waals surface area contributed by atoms with Gasteiger partial charge in [0.15, 0.2) is 4.98 Å². The summed E-state index contributed by atoms with van der Waals surface area (Å²) >= 11 is 0. The number of nitro benzene ring substituents is 1. The Morgan fingerprint density at radius 2 is 1.82 bits per heavy atom. The van der Waals surface area contributed by atoms with Gasteiger partial charge in [0.25, 0.3) is 5.69 Å². The second-order valence-electron chi connectivity index (χ2n) is 3.42. The molecule has 0 saturated carbocycles. The van der Waals surface area contributed by atoms with Crippen molar-refractivity contribution in [2.45, 2.75) is 0 Å². The molecule has 0 radical (unpaired) electrons. The third-order valence-corrected chi connectivity index (χ3v) is 2.38. The van der Waals surface area contributed by atoms with E-state index in [9.17, 15) is 10.1 Å². The molecule has 0 heterocycles. The third-order valence-electron chi connectivity index (χ3n) is 2.38. The lowest BCUT2D eigenvalue weighted by Gasteiger charge is -2.00. The Hall–Kier alpha value is -2.74. The van der Waals surface area contributed by atoms with Crippen LogP contribution in [0.15, 0.2) is 48.5 Å². The average Bonchev–Trinajstić information content (AvgIpc) is 2.39. The molecule has 5 nitrogen and oxygen atoms in total. The van der Waals surface area contributed by atoms with Gasteiger partial charge in [0.1, 0.15) is 6.07 Å². The Morgan fingerprint density at radius 1 is 1.12 bits per heavy atom. The van der Waals surface area contributed by atoms with Gasteiger partial charge >= 0.3 is 5.69 Å². The van der Waals surface area contributed by atoms with E-state index in [4.69, 9.17) is 5.39 Å². The van der Waals surface area contributed by atoms with Gasteiger partial charge in [0, 0.05) is 6.07 Å². The fourth-order valence-corrected chi connectivity index (χ4v) is 1.60. The fraction of sp³-hybridized carbons (Fsp3) is 0. The molecule has 2 aromatic rings. The number of rotatable bonds is 2. The zero-order chi connectivity index (χ0) is 12.3. The standard InChI is InChI=1S/C12H8N3O2/c13-14-10-6-7-11(12(8-10)15(16)17)9-4-2-1-3-5-9/h1-8H/q+1. The highest BCUT2D eigenvalue weighted by Crippen LogP contribution is 2.32. The highest BCUT2D eigenvalue weighted by Gasteiger charge is 2.20. The van der Waals surface area contributed by atoms with Gasteiger partial charge in [-0.2, -0.15) is 0 Å². The lowest BCUT2D eigenvalue weighted by atomic mass is 10.0. The molecule has 0 unspecified atom stereocenters. The number of nitrogens with zero attached hydrogens (tertiary/aromatic N) is 3. The summed E-state index contributed by atoms with van der Waals surface area (Å²) in [5.74, 6) is 0. The number of diazo groups is 1. The van der Waals surface area contributed by atoms with Gasteiger partial charge in [-0.1, -0.05) is 30.3 Å². The van der Waals surface area contributed by atoms with E-state index >= 15 is 0 Å². The van der Waals surface area contributed by atoms with Crippen molar-refractivity contribution in [1.82, 2.24) is 0 Å². The number of hydrogen-bond acceptors (Lipinski definition) is 3. The minimum atomic E-state index is -0.489. The van der Waals surface area contributed by atoms with Crippen LogP contribution in [0.5, 0.6) is 0 Å². The summed E-state index contributed by atoms with van der Waals surface area (Å²) in [6.07, 6.45) is 0. The Morgan fingerprint density at radius 3 is 2.41 bits per heavy atom. The molecule has 0 aromatic heterocycles. The molecule has 0 N–H and O–H groups in total. The van der Waals surface area contributed by atoms with Crippen molar-refractivity contribution in [3.05, 3.63) is 63.6 Å². The van der Waals surface area contributed by atoms with Crippen molar-refractivity contribution >= 4 is 11.4 Å². The summed E-state index contributed by atoms with van der Waals surface area (Å²) < 4.78 is 0. The first kappa shape index (κ1) is 10.8. The second-order valence-corrected chi connectivity index (χ2v) is 3.42. The molecule has 0 aliphatic carbocycles. The quantitative estimate of drug-likeness (QED) is 0.444. The minimum absolute atomic E-state index is 0.0773. The third kappa shape index (κ3) is 2.11. The number of nitro groups is 1. The van der Waals surface area contributed by atoms with Gasteiger partial charge in [0.05, 0.1) is 10.5 Å². The number of hydrogen-bond donors (Lipinski definition) is 0. The van der Waals surface area contributed by atoms with Gasteiger partial charge in [-0.05, 0) is 11.6 Å². The zero-order valence-electron chi connectivity index (χ0n) is 8.78. The van der Waals surface area contributed by atoms with Crippen molar-refractivity contribution < 1.29 is 4.92 Å². The molecule has 82 valence electrons. The predicted octanol–water partition coefficient (Wildman–Crippen LogP) is 3.75. The molecule has 0 saturated heterocycles. The van der Waals surface area contributed by atoms with Crippen molar-refractivity contribution in [2.24, 2.45) is 0 Å². The fourth-order valence-electron chi connectivity index (χ4n) is 1.60. The molecule has 0 spiro atoms. The summed E-state index contributed by atoms with van der Waals surface area (Å²) in [6.45, 7) is 0. The largest absolute Gasteiger partial charge is 0.391 e. The Labute approximate surface area is 97.1 Å². The van der Waals surface area contributed by atoms with E-state index in [-0.39, 0.29) is 11.4 Å². The van der Waals surface area contributed by atoms with E-state index in [0.717, 1.165) is 5.56 Å². The van der Waals surface area contributed by atoms with E-state index in [1.165, 1.54) is 12.1 Å². The van der Waals surface area contributed by atoms with Crippen molar-refractivity contribution in [3.63, 3.8) is 0 Å². The molecular weight excluding hydrogens is 218 g/mol. The van der Waals surface area contributed by atoms with Crippen LogP contribution >= 0.6 is 0 Å². The van der Waals surface area contributed by atoms with Crippen LogP contribution in [0.3, 0.4) is 0 Å². The van der Waals surface area contributed by atoms with Gasteiger partial charge in [0.2, 0.25) is 5.39 Å². The normalized spacial score (nSPS) is 9.59. The minimum Gasteiger partial charge on any atom is -0.258 e. The lowest BCUT2D eigenvalue weighted by molar-refractivity contribution is -0.384. The van der Waals surface area contributed by atoms with Crippen LogP contribution in [0.1, 0.15) is 0 Å². The Bertz CT molecular complexity index is 603. The van der Waals surface area contributed by atoms with E-state index in [1.54, 1.807) is 18.2 Å². The molecule has 5 heteroatoms. The first-order valence-corrected chi connectivity index (χ1v) is 4.91. The van der Waals surface area contributed by atoms with E-state index < -0.39 is 4.92 Å². The lowest BCUT2D eigenvalue weighted by Crippen LogP contribution is -1.91. The van der Waals surface area contributed by atoms with Crippen LogP contribution in [0.2, 0.25) is 0 Å². The average molecular weight is 226 g/mol. The van der Waals surface area contributed by atoms with Crippen LogP contribution in [-0.4, -0.2) is 4.92 Å². The number of benzene rings is 2. The summed E-state index contributed by atoms with van der Waals surface area (Å²) in [6, 6.07) is 13.4. The highest BCUT2D eigenvalue weighted by molar-refractivity contribution is 5.76. The summed E-state index contributed by atoms with van der Waals surface area (Å²) in [5, 5.41) is 19.6. The molecular formula is C12H8N3O2+. The summed E-state index contributed by atoms with van der Waals surface area (Å²) in [5.41, 5.74) is 1.34. The molecule has 0 amide bonds. The molecule has 17 heavy (non-hydrogen) atoms. The summed E-state index contributed by atoms with van der Waals surface area (Å²) in [7, 11) is 0. The van der Waals surface area contributed by atoms with Crippen molar-refractivity contribution in [3.8, 4) is 11.1 Å².